The van der Waals surface area contributed by atoms with Crippen molar-refractivity contribution in [2.24, 2.45) is 0 Å². The van der Waals surface area contributed by atoms with Gasteiger partial charge < -0.3 is 19.5 Å². The number of ether oxygens (including phenoxy) is 2. The second kappa shape index (κ2) is 8.39. The van der Waals surface area contributed by atoms with E-state index in [1.165, 1.54) is 0 Å². The SMILES string of the molecule is COc1ccccc1Oc1ccc(N(CC#N)CCC(=O)O)cn1. The Bertz CT molecular complexity index is 725. The number of hydrogen-bond acceptors (Lipinski definition) is 6. The molecule has 24 heavy (non-hydrogen) atoms. The summed E-state index contributed by atoms with van der Waals surface area (Å²) in [6, 6.07) is 12.6. The van der Waals surface area contributed by atoms with Crippen molar-refractivity contribution in [3.63, 3.8) is 0 Å². The van der Waals surface area contributed by atoms with Crippen LogP contribution in [0.3, 0.4) is 0 Å². The van der Waals surface area contributed by atoms with E-state index in [4.69, 9.17) is 19.8 Å². The molecule has 7 nitrogen and oxygen atoms in total. The van der Waals surface area contributed by atoms with Gasteiger partial charge in [0.15, 0.2) is 11.5 Å². The fraction of sp³-hybridized carbons (Fsp3) is 0.235. The second-order valence-electron chi connectivity index (χ2n) is 4.83. The number of para-hydroxylation sites is 2. The van der Waals surface area contributed by atoms with Gasteiger partial charge in [0.05, 0.1) is 31.5 Å². The molecule has 124 valence electrons. The molecule has 1 aromatic heterocycles. The quantitative estimate of drug-likeness (QED) is 0.745. The number of benzene rings is 1. The van der Waals surface area contributed by atoms with Crippen molar-refractivity contribution >= 4 is 11.7 Å². The van der Waals surface area contributed by atoms with Crippen LogP contribution in [0, 0.1) is 11.3 Å². The minimum Gasteiger partial charge on any atom is -0.493 e. The molecule has 0 saturated carbocycles. The van der Waals surface area contributed by atoms with Crippen molar-refractivity contribution in [3.8, 4) is 23.4 Å². The van der Waals surface area contributed by atoms with Gasteiger partial charge in [-0.25, -0.2) is 4.98 Å². The Hall–Kier alpha value is -3.27. The van der Waals surface area contributed by atoms with Crippen molar-refractivity contribution in [3.05, 3.63) is 42.6 Å². The number of aromatic nitrogens is 1. The van der Waals surface area contributed by atoms with Crippen LogP contribution >= 0.6 is 0 Å². The number of carbonyl (C=O) groups is 1. The molecule has 0 aliphatic heterocycles. The van der Waals surface area contributed by atoms with Crippen LogP contribution in [0.5, 0.6) is 17.4 Å². The van der Waals surface area contributed by atoms with Crippen molar-refractivity contribution in [1.82, 2.24) is 4.98 Å². The summed E-state index contributed by atoms with van der Waals surface area (Å²) in [4.78, 5) is 16.6. The van der Waals surface area contributed by atoms with Gasteiger partial charge in [0, 0.05) is 12.6 Å². The summed E-state index contributed by atoms with van der Waals surface area (Å²) >= 11 is 0. The van der Waals surface area contributed by atoms with Gasteiger partial charge in [0.25, 0.3) is 0 Å². The number of nitriles is 1. The van der Waals surface area contributed by atoms with Crippen LogP contribution in [0.1, 0.15) is 6.42 Å². The number of methoxy groups -OCH3 is 1. The van der Waals surface area contributed by atoms with Crippen LogP contribution < -0.4 is 14.4 Å². The van der Waals surface area contributed by atoms with Crippen LogP contribution in [-0.2, 0) is 4.79 Å². The summed E-state index contributed by atoms with van der Waals surface area (Å²) in [6.45, 7) is 0.318. The van der Waals surface area contributed by atoms with Gasteiger partial charge >= 0.3 is 5.97 Å². The Balaban J connectivity index is 2.11. The topological polar surface area (TPSA) is 95.7 Å². The zero-order valence-electron chi connectivity index (χ0n) is 13.2. The average molecular weight is 327 g/mol. The van der Waals surface area contributed by atoms with E-state index >= 15 is 0 Å². The lowest BCUT2D eigenvalue weighted by atomic mass is 10.3. The summed E-state index contributed by atoms with van der Waals surface area (Å²) in [7, 11) is 1.56. The van der Waals surface area contributed by atoms with Crippen molar-refractivity contribution in [2.75, 3.05) is 25.1 Å². The molecule has 7 heteroatoms. The first kappa shape index (κ1) is 17.1. The maximum atomic E-state index is 10.7. The first-order valence-electron chi connectivity index (χ1n) is 7.24. The smallest absolute Gasteiger partial charge is 0.305 e. The maximum Gasteiger partial charge on any atom is 0.305 e. The van der Waals surface area contributed by atoms with Crippen LogP contribution in [-0.4, -0.2) is 36.3 Å². The Morgan fingerprint density at radius 2 is 2.04 bits per heavy atom. The number of pyridine rings is 1. The third-order valence-corrected chi connectivity index (χ3v) is 3.23. The number of rotatable bonds is 8. The van der Waals surface area contributed by atoms with Gasteiger partial charge in [-0.15, -0.1) is 0 Å². The zero-order chi connectivity index (χ0) is 17.4. The largest absolute Gasteiger partial charge is 0.493 e. The standard InChI is InChI=1S/C17H17N3O4/c1-23-14-4-2-3-5-15(14)24-16-7-6-13(12-19-16)20(11-9-18)10-8-17(21)22/h2-7,12H,8,10-11H2,1H3,(H,21,22). The fourth-order valence-electron chi connectivity index (χ4n) is 2.05. The van der Waals surface area contributed by atoms with Crippen LogP contribution in [0.15, 0.2) is 42.6 Å². The van der Waals surface area contributed by atoms with Crippen molar-refractivity contribution in [2.45, 2.75) is 6.42 Å². The lowest BCUT2D eigenvalue weighted by Crippen LogP contribution is -2.26. The number of carboxylic acid groups (broad SMARTS) is 1. The molecule has 0 bridgehead atoms. The molecular formula is C17H17N3O4. The Kier molecular flexibility index (Phi) is 5.97. The highest BCUT2D eigenvalue weighted by Gasteiger charge is 2.10. The van der Waals surface area contributed by atoms with Crippen LogP contribution in [0.25, 0.3) is 0 Å². The van der Waals surface area contributed by atoms with E-state index in [0.717, 1.165) is 0 Å². The lowest BCUT2D eigenvalue weighted by Gasteiger charge is -2.20. The molecule has 0 spiro atoms. The van der Waals surface area contributed by atoms with E-state index in [-0.39, 0.29) is 19.5 Å². The van der Waals surface area contributed by atoms with Crippen LogP contribution in [0.4, 0.5) is 5.69 Å². The number of hydrogen-bond donors (Lipinski definition) is 1. The van der Waals surface area contributed by atoms with Gasteiger partial charge in [0.2, 0.25) is 5.88 Å². The lowest BCUT2D eigenvalue weighted by molar-refractivity contribution is -0.136. The summed E-state index contributed by atoms with van der Waals surface area (Å²) in [5.74, 6) is 0.594. The van der Waals surface area contributed by atoms with E-state index < -0.39 is 5.97 Å². The van der Waals surface area contributed by atoms with E-state index in [1.807, 2.05) is 18.2 Å². The van der Waals surface area contributed by atoms with Crippen molar-refractivity contribution < 1.29 is 19.4 Å². The van der Waals surface area contributed by atoms with E-state index in [9.17, 15) is 4.79 Å². The summed E-state index contributed by atoms with van der Waals surface area (Å²) in [6.07, 6.45) is 1.49. The molecule has 0 amide bonds. The summed E-state index contributed by atoms with van der Waals surface area (Å²) < 4.78 is 10.9. The fourth-order valence-corrected chi connectivity index (χ4v) is 2.05. The van der Waals surface area contributed by atoms with Crippen LogP contribution in [0.2, 0.25) is 0 Å². The predicted molar refractivity (Wildman–Crippen MR) is 87.4 cm³/mol. The molecule has 0 unspecified atom stereocenters. The summed E-state index contributed by atoms with van der Waals surface area (Å²) in [5, 5.41) is 17.7. The number of anilines is 1. The van der Waals surface area contributed by atoms with E-state index in [1.54, 1.807) is 42.5 Å². The first-order chi connectivity index (χ1) is 11.6. The molecule has 1 N–H and O–H groups in total. The van der Waals surface area contributed by atoms with Crippen molar-refractivity contribution in [1.29, 1.82) is 5.26 Å². The number of carboxylic acids is 1. The van der Waals surface area contributed by atoms with Gasteiger partial charge in [-0.3, -0.25) is 4.79 Å². The molecule has 0 aliphatic carbocycles. The normalized spacial score (nSPS) is 9.83. The maximum absolute atomic E-state index is 10.7. The highest BCUT2D eigenvalue weighted by atomic mass is 16.5. The van der Waals surface area contributed by atoms with Gasteiger partial charge in [0.1, 0.15) is 6.54 Å². The third kappa shape index (κ3) is 4.61. The zero-order valence-corrected chi connectivity index (χ0v) is 13.2. The molecule has 0 atom stereocenters. The summed E-state index contributed by atoms with van der Waals surface area (Å²) in [5.41, 5.74) is 0.658. The number of nitrogens with zero attached hydrogens (tertiary/aromatic N) is 3. The highest BCUT2D eigenvalue weighted by molar-refractivity contribution is 5.67. The molecular weight excluding hydrogens is 310 g/mol. The minimum atomic E-state index is -0.915. The minimum absolute atomic E-state index is 0.0544. The molecule has 1 aromatic carbocycles. The third-order valence-electron chi connectivity index (χ3n) is 3.23. The molecule has 2 rings (SSSR count). The predicted octanol–water partition coefficient (Wildman–Crippen LogP) is 2.69. The number of aliphatic carboxylic acids is 1. The Morgan fingerprint density at radius 1 is 1.29 bits per heavy atom. The highest BCUT2D eigenvalue weighted by Crippen LogP contribution is 2.30. The van der Waals surface area contributed by atoms with E-state index in [0.29, 0.717) is 23.1 Å². The monoisotopic (exact) mass is 327 g/mol. The molecule has 0 radical (unpaired) electrons. The molecule has 0 fully saturated rings. The second-order valence-corrected chi connectivity index (χ2v) is 4.83. The van der Waals surface area contributed by atoms with Gasteiger partial charge in [-0.1, -0.05) is 12.1 Å². The molecule has 2 aromatic rings. The molecule has 0 saturated heterocycles. The Labute approximate surface area is 139 Å². The average Bonchev–Trinajstić information content (AvgIpc) is 2.60. The Morgan fingerprint density at radius 3 is 2.62 bits per heavy atom. The molecule has 1 heterocycles. The van der Waals surface area contributed by atoms with Gasteiger partial charge in [-0.2, -0.15) is 5.26 Å². The van der Waals surface area contributed by atoms with E-state index in [2.05, 4.69) is 4.98 Å². The first-order valence-corrected chi connectivity index (χ1v) is 7.24. The molecule has 0 aliphatic rings. The van der Waals surface area contributed by atoms with Gasteiger partial charge in [-0.05, 0) is 18.2 Å².